The van der Waals surface area contributed by atoms with Crippen LogP contribution in [0.25, 0.3) is 0 Å². The number of ether oxygens (including phenoxy) is 1. The number of hydrogen-bond acceptors (Lipinski definition) is 4. The van der Waals surface area contributed by atoms with Gasteiger partial charge in [-0.05, 0) is 128 Å². The predicted molar refractivity (Wildman–Crippen MR) is 134 cm³/mol. The smallest absolute Gasteiger partial charge is 0.311 e. The van der Waals surface area contributed by atoms with Gasteiger partial charge < -0.3 is 14.9 Å². The molecule has 4 heteroatoms. The van der Waals surface area contributed by atoms with Crippen LogP contribution in [0.5, 0.6) is 11.5 Å². The summed E-state index contributed by atoms with van der Waals surface area (Å²) in [5.74, 6) is 1.05. The molecular formula is C30H44O4. The van der Waals surface area contributed by atoms with Gasteiger partial charge in [0.25, 0.3) is 0 Å². The second-order valence-corrected chi connectivity index (χ2v) is 13.7. The molecule has 0 bridgehead atoms. The average Bonchev–Trinajstić information content (AvgIpc) is 2.80. The van der Waals surface area contributed by atoms with Crippen molar-refractivity contribution < 1.29 is 19.7 Å². The molecule has 4 nitrogen and oxygen atoms in total. The molecule has 0 saturated heterocycles. The number of hydrogen-bond donors (Lipinski definition) is 2. The van der Waals surface area contributed by atoms with Crippen molar-refractivity contribution >= 4 is 5.97 Å². The van der Waals surface area contributed by atoms with Crippen molar-refractivity contribution in [1.29, 1.82) is 0 Å². The van der Waals surface area contributed by atoms with Crippen LogP contribution in [0.15, 0.2) is 6.07 Å². The minimum Gasteiger partial charge on any atom is -0.504 e. The number of phenols is 2. The number of phenolic OH excluding ortho intramolecular Hbond substituents is 2. The Morgan fingerprint density at radius 1 is 0.941 bits per heavy atom. The molecule has 4 aliphatic carbocycles. The first-order chi connectivity index (χ1) is 15.8. The van der Waals surface area contributed by atoms with Gasteiger partial charge in [-0.15, -0.1) is 0 Å². The molecule has 0 aliphatic heterocycles. The Hall–Kier alpha value is -1.71. The quantitative estimate of drug-likeness (QED) is 0.351. The SMILES string of the molecule is COC(=O)[C@]1(C)CC[C@]2(C)CC[C@]3(C)[C@@H]4CCc5c(cc(O)c(O)c5C)[C@]4(C)CC[C@@]3(C)[C@@H]2C1. The number of carbonyl (C=O) groups is 1. The van der Waals surface area contributed by atoms with Crippen LogP contribution in [0, 0.1) is 40.4 Å². The number of methoxy groups -OCH3 is 1. The number of esters is 1. The number of carbonyl (C=O) groups excluding carboxylic acids is 1. The Bertz CT molecular complexity index is 1050. The minimum atomic E-state index is -0.388. The molecule has 34 heavy (non-hydrogen) atoms. The van der Waals surface area contributed by atoms with Crippen LogP contribution in [0.4, 0.5) is 0 Å². The summed E-state index contributed by atoms with van der Waals surface area (Å²) in [7, 11) is 1.54. The van der Waals surface area contributed by atoms with E-state index in [2.05, 4.69) is 34.6 Å². The molecule has 0 aromatic heterocycles. The fraction of sp³-hybridized carbons (Fsp3) is 0.767. The lowest BCUT2D eigenvalue weighted by molar-refractivity contribution is -0.214. The first kappa shape index (κ1) is 24.0. The van der Waals surface area contributed by atoms with E-state index in [-0.39, 0.29) is 44.5 Å². The fourth-order valence-corrected chi connectivity index (χ4v) is 9.83. The molecule has 1 aromatic carbocycles. The third-order valence-corrected chi connectivity index (χ3v) is 12.4. The monoisotopic (exact) mass is 468 g/mol. The molecule has 4 aliphatic rings. The highest BCUT2D eigenvalue weighted by Crippen LogP contribution is 2.75. The van der Waals surface area contributed by atoms with E-state index in [1.807, 2.05) is 13.0 Å². The van der Waals surface area contributed by atoms with E-state index in [1.54, 1.807) is 0 Å². The highest BCUT2D eigenvalue weighted by molar-refractivity contribution is 5.76. The molecule has 0 radical (unpaired) electrons. The van der Waals surface area contributed by atoms with Gasteiger partial charge in [0.1, 0.15) is 0 Å². The van der Waals surface area contributed by atoms with Gasteiger partial charge >= 0.3 is 5.97 Å². The summed E-state index contributed by atoms with van der Waals surface area (Å²) in [5, 5.41) is 20.9. The Morgan fingerprint density at radius 2 is 1.56 bits per heavy atom. The van der Waals surface area contributed by atoms with Gasteiger partial charge in [0.05, 0.1) is 12.5 Å². The zero-order valence-electron chi connectivity index (χ0n) is 22.3. The summed E-state index contributed by atoms with van der Waals surface area (Å²) in [6.07, 6.45) is 9.71. The van der Waals surface area contributed by atoms with Crippen molar-refractivity contribution in [1.82, 2.24) is 0 Å². The van der Waals surface area contributed by atoms with Crippen molar-refractivity contribution in [2.75, 3.05) is 7.11 Å². The topological polar surface area (TPSA) is 66.8 Å². The number of rotatable bonds is 1. The molecule has 1 aromatic rings. The van der Waals surface area contributed by atoms with Gasteiger partial charge in [0.15, 0.2) is 11.5 Å². The van der Waals surface area contributed by atoms with Crippen molar-refractivity contribution in [2.24, 2.45) is 33.5 Å². The lowest BCUT2D eigenvalue weighted by Crippen LogP contribution is -2.65. The van der Waals surface area contributed by atoms with E-state index in [0.29, 0.717) is 11.8 Å². The zero-order chi connectivity index (χ0) is 24.9. The van der Waals surface area contributed by atoms with Crippen molar-refractivity contribution in [2.45, 2.75) is 105 Å². The molecule has 5 rings (SSSR count). The summed E-state index contributed by atoms with van der Waals surface area (Å²) in [6.45, 7) is 14.1. The van der Waals surface area contributed by atoms with Gasteiger partial charge in [0, 0.05) is 0 Å². The van der Waals surface area contributed by atoms with Crippen LogP contribution in [-0.4, -0.2) is 23.3 Å². The molecular weight excluding hydrogens is 424 g/mol. The average molecular weight is 469 g/mol. The molecule has 7 atom stereocenters. The molecule has 3 fully saturated rings. The summed E-state index contributed by atoms with van der Waals surface area (Å²) < 4.78 is 5.29. The van der Waals surface area contributed by atoms with Crippen molar-refractivity contribution in [3.8, 4) is 11.5 Å². The normalized spacial score (nSPS) is 45.4. The summed E-state index contributed by atoms with van der Waals surface area (Å²) in [4.78, 5) is 12.9. The van der Waals surface area contributed by atoms with Crippen LogP contribution < -0.4 is 0 Å². The van der Waals surface area contributed by atoms with Crippen LogP contribution in [-0.2, 0) is 21.4 Å². The minimum absolute atomic E-state index is 0.00809. The maximum Gasteiger partial charge on any atom is 0.311 e. The van der Waals surface area contributed by atoms with Gasteiger partial charge in [-0.2, -0.15) is 0 Å². The van der Waals surface area contributed by atoms with Crippen LogP contribution in [0.3, 0.4) is 0 Å². The summed E-state index contributed by atoms with van der Waals surface area (Å²) in [5.41, 5.74) is 3.57. The Morgan fingerprint density at radius 3 is 2.24 bits per heavy atom. The summed E-state index contributed by atoms with van der Waals surface area (Å²) in [6, 6.07) is 1.87. The van der Waals surface area contributed by atoms with Gasteiger partial charge in [0.2, 0.25) is 0 Å². The fourth-order valence-electron chi connectivity index (χ4n) is 9.83. The van der Waals surface area contributed by atoms with Gasteiger partial charge in [-0.25, -0.2) is 0 Å². The van der Waals surface area contributed by atoms with E-state index in [4.69, 9.17) is 4.74 Å². The lowest BCUT2D eigenvalue weighted by atomic mass is 9.32. The lowest BCUT2D eigenvalue weighted by Gasteiger charge is -2.72. The van der Waals surface area contributed by atoms with Crippen LogP contribution >= 0.6 is 0 Å². The summed E-state index contributed by atoms with van der Waals surface area (Å²) >= 11 is 0. The van der Waals surface area contributed by atoms with Crippen LogP contribution in [0.2, 0.25) is 0 Å². The first-order valence-electron chi connectivity index (χ1n) is 13.4. The van der Waals surface area contributed by atoms with E-state index in [1.165, 1.54) is 31.1 Å². The maximum atomic E-state index is 12.9. The zero-order valence-corrected chi connectivity index (χ0v) is 22.3. The third-order valence-electron chi connectivity index (χ3n) is 12.4. The highest BCUT2D eigenvalue weighted by Gasteiger charge is 2.68. The predicted octanol–water partition coefficient (Wildman–Crippen LogP) is 6.81. The largest absolute Gasteiger partial charge is 0.504 e. The van der Waals surface area contributed by atoms with Crippen molar-refractivity contribution in [3.63, 3.8) is 0 Å². The maximum absolute atomic E-state index is 12.9. The number of aromatic hydroxyl groups is 2. The molecule has 188 valence electrons. The van der Waals surface area contributed by atoms with E-state index >= 15 is 0 Å². The van der Waals surface area contributed by atoms with E-state index in [0.717, 1.165) is 50.5 Å². The van der Waals surface area contributed by atoms with Crippen LogP contribution in [0.1, 0.15) is 103 Å². The molecule has 3 saturated carbocycles. The molecule has 0 spiro atoms. The van der Waals surface area contributed by atoms with Crippen molar-refractivity contribution in [3.05, 3.63) is 22.8 Å². The second-order valence-electron chi connectivity index (χ2n) is 13.7. The van der Waals surface area contributed by atoms with Gasteiger partial charge in [-0.3, -0.25) is 4.79 Å². The molecule has 0 unspecified atom stereocenters. The Labute approximate surface area is 205 Å². The molecule has 2 N–H and O–H groups in total. The number of benzene rings is 1. The Kier molecular flexibility index (Phi) is 5.06. The van der Waals surface area contributed by atoms with Gasteiger partial charge in [-0.1, -0.05) is 27.7 Å². The van der Waals surface area contributed by atoms with E-state index in [9.17, 15) is 15.0 Å². The molecule has 0 heterocycles. The second kappa shape index (κ2) is 7.17. The number of fused-ring (bicyclic) bond motifs is 7. The highest BCUT2D eigenvalue weighted by atomic mass is 16.5. The standard InChI is InChI=1S/C30H44O4/c1-18-19-8-9-22-28(4,20(19)16-21(31)24(18)32)13-15-30(6)23-17-27(3,25(33)34-7)11-10-26(23,2)12-14-29(22,30)5/h16,22-23,31-32H,8-15,17H2,1-7H3/t22-,23-,26-,27-,28+,29-,30+/m1/s1. The van der Waals surface area contributed by atoms with E-state index < -0.39 is 0 Å². The third kappa shape index (κ3) is 2.80. The first-order valence-corrected chi connectivity index (χ1v) is 13.4. The Balaban J connectivity index is 1.59. The molecule has 0 amide bonds.